The molecule has 4 rings (SSSR count). The molecule has 1 saturated heterocycles. The average molecular weight is 544 g/mol. The van der Waals surface area contributed by atoms with Gasteiger partial charge in [0.25, 0.3) is 0 Å². The molecule has 0 spiro atoms. The molecule has 3 aromatic rings. The number of benzene rings is 3. The standard InChI is InChI=1S/C27H29IO4/c28-16-24-26(30-18-22-12-6-2-7-13-22)27(31-19-23-14-8-3-9-15-23)25(32-24)20-29-17-21-10-4-1-5-11-21/h1-15,24-27H,16-20H2/t24-,25-,26-,27-/m1/s1. The molecule has 1 aliphatic heterocycles. The maximum absolute atomic E-state index is 6.40. The summed E-state index contributed by atoms with van der Waals surface area (Å²) in [7, 11) is 0. The van der Waals surface area contributed by atoms with Crippen molar-refractivity contribution in [1.29, 1.82) is 0 Å². The monoisotopic (exact) mass is 544 g/mol. The number of halogens is 1. The van der Waals surface area contributed by atoms with Crippen molar-refractivity contribution in [2.75, 3.05) is 11.0 Å². The second kappa shape index (κ2) is 12.5. The van der Waals surface area contributed by atoms with E-state index in [0.29, 0.717) is 26.4 Å². The van der Waals surface area contributed by atoms with Gasteiger partial charge in [0, 0.05) is 4.43 Å². The van der Waals surface area contributed by atoms with E-state index in [0.717, 1.165) is 21.1 Å². The van der Waals surface area contributed by atoms with E-state index in [-0.39, 0.29) is 24.4 Å². The number of hydrogen-bond donors (Lipinski definition) is 0. The zero-order chi connectivity index (χ0) is 22.0. The largest absolute Gasteiger partial charge is 0.374 e. The van der Waals surface area contributed by atoms with Crippen LogP contribution in [0.2, 0.25) is 0 Å². The topological polar surface area (TPSA) is 36.9 Å². The molecule has 0 radical (unpaired) electrons. The zero-order valence-electron chi connectivity index (χ0n) is 18.0. The minimum atomic E-state index is -0.200. The van der Waals surface area contributed by atoms with Crippen LogP contribution in [0.3, 0.4) is 0 Å². The third kappa shape index (κ3) is 6.62. The molecule has 0 amide bonds. The van der Waals surface area contributed by atoms with E-state index in [1.165, 1.54) is 0 Å². The van der Waals surface area contributed by atoms with Crippen molar-refractivity contribution in [3.8, 4) is 0 Å². The number of ether oxygens (including phenoxy) is 4. The van der Waals surface area contributed by atoms with E-state index in [1.54, 1.807) is 0 Å². The molecule has 0 saturated carbocycles. The quantitative estimate of drug-likeness (QED) is 0.234. The SMILES string of the molecule is IC[C@H]1O[C@H](COCc2ccccc2)[C@@H](OCc2ccccc2)[C@@H]1OCc1ccccc1. The highest BCUT2D eigenvalue weighted by atomic mass is 127. The molecule has 1 heterocycles. The molecule has 0 bridgehead atoms. The van der Waals surface area contributed by atoms with Gasteiger partial charge in [-0.25, -0.2) is 0 Å². The van der Waals surface area contributed by atoms with Crippen LogP contribution in [0.25, 0.3) is 0 Å². The van der Waals surface area contributed by atoms with Crippen molar-refractivity contribution in [3.63, 3.8) is 0 Å². The van der Waals surface area contributed by atoms with Crippen LogP contribution < -0.4 is 0 Å². The average Bonchev–Trinajstić information content (AvgIpc) is 3.19. The first-order valence-electron chi connectivity index (χ1n) is 11.0. The summed E-state index contributed by atoms with van der Waals surface area (Å²) in [6.07, 6.45) is -0.566. The summed E-state index contributed by atoms with van der Waals surface area (Å²) in [6, 6.07) is 30.7. The molecule has 1 fully saturated rings. The molecule has 0 aromatic heterocycles. The fraction of sp³-hybridized carbons (Fsp3) is 0.333. The Morgan fingerprint density at radius 1 is 0.594 bits per heavy atom. The van der Waals surface area contributed by atoms with Crippen molar-refractivity contribution in [1.82, 2.24) is 0 Å². The molecule has 0 aliphatic carbocycles. The van der Waals surface area contributed by atoms with Crippen molar-refractivity contribution in [2.45, 2.75) is 44.2 Å². The molecule has 4 atom stereocenters. The van der Waals surface area contributed by atoms with Gasteiger partial charge in [-0.15, -0.1) is 0 Å². The van der Waals surface area contributed by atoms with Crippen LogP contribution in [0.1, 0.15) is 16.7 Å². The van der Waals surface area contributed by atoms with Crippen molar-refractivity contribution in [2.24, 2.45) is 0 Å². The highest BCUT2D eigenvalue weighted by molar-refractivity contribution is 14.1. The molecule has 0 N–H and O–H groups in total. The lowest BCUT2D eigenvalue weighted by molar-refractivity contribution is -0.0897. The Balaban J connectivity index is 1.42. The maximum atomic E-state index is 6.40. The Labute approximate surface area is 204 Å². The Morgan fingerprint density at radius 2 is 1.03 bits per heavy atom. The van der Waals surface area contributed by atoms with Crippen LogP contribution in [0.4, 0.5) is 0 Å². The fourth-order valence-corrected chi connectivity index (χ4v) is 4.57. The summed E-state index contributed by atoms with van der Waals surface area (Å²) in [5.74, 6) is 0. The first-order valence-corrected chi connectivity index (χ1v) is 12.5. The Morgan fingerprint density at radius 3 is 1.50 bits per heavy atom. The highest BCUT2D eigenvalue weighted by Crippen LogP contribution is 2.30. The van der Waals surface area contributed by atoms with E-state index in [4.69, 9.17) is 18.9 Å². The maximum Gasteiger partial charge on any atom is 0.115 e. The van der Waals surface area contributed by atoms with Gasteiger partial charge in [0.2, 0.25) is 0 Å². The lowest BCUT2D eigenvalue weighted by Crippen LogP contribution is -2.39. The third-order valence-electron chi connectivity index (χ3n) is 5.52. The van der Waals surface area contributed by atoms with Crippen LogP contribution in [0.5, 0.6) is 0 Å². The Bertz CT molecular complexity index is 907. The predicted molar refractivity (Wildman–Crippen MR) is 134 cm³/mol. The predicted octanol–water partition coefficient (Wildman–Crippen LogP) is 5.58. The highest BCUT2D eigenvalue weighted by Gasteiger charge is 2.45. The second-order valence-corrected chi connectivity index (χ2v) is 8.77. The summed E-state index contributed by atoms with van der Waals surface area (Å²) >= 11 is 2.36. The minimum absolute atomic E-state index is 0.0367. The minimum Gasteiger partial charge on any atom is -0.374 e. The zero-order valence-corrected chi connectivity index (χ0v) is 20.2. The van der Waals surface area contributed by atoms with E-state index < -0.39 is 0 Å². The van der Waals surface area contributed by atoms with Gasteiger partial charge in [0.15, 0.2) is 0 Å². The number of hydrogen-bond acceptors (Lipinski definition) is 4. The van der Waals surface area contributed by atoms with Crippen LogP contribution >= 0.6 is 22.6 Å². The van der Waals surface area contributed by atoms with E-state index >= 15 is 0 Å². The molecule has 1 aliphatic rings. The molecule has 32 heavy (non-hydrogen) atoms. The van der Waals surface area contributed by atoms with E-state index in [1.807, 2.05) is 54.6 Å². The molecule has 0 unspecified atom stereocenters. The van der Waals surface area contributed by atoms with E-state index in [9.17, 15) is 0 Å². The van der Waals surface area contributed by atoms with Gasteiger partial charge < -0.3 is 18.9 Å². The smallest absolute Gasteiger partial charge is 0.115 e. The van der Waals surface area contributed by atoms with Crippen molar-refractivity contribution in [3.05, 3.63) is 108 Å². The second-order valence-electron chi connectivity index (χ2n) is 7.89. The molecular weight excluding hydrogens is 515 g/mol. The molecular formula is C27H29IO4. The van der Waals surface area contributed by atoms with Gasteiger partial charge in [0.1, 0.15) is 18.3 Å². The first-order chi connectivity index (χ1) is 15.8. The number of rotatable bonds is 11. The lowest BCUT2D eigenvalue weighted by atomic mass is 10.1. The molecule has 4 nitrogen and oxygen atoms in total. The summed E-state index contributed by atoms with van der Waals surface area (Å²) in [5.41, 5.74) is 3.43. The van der Waals surface area contributed by atoms with E-state index in [2.05, 4.69) is 59.0 Å². The van der Waals surface area contributed by atoms with Crippen LogP contribution in [-0.2, 0) is 38.8 Å². The normalized spacial score (nSPS) is 22.8. The Kier molecular flexibility index (Phi) is 9.11. The van der Waals surface area contributed by atoms with Gasteiger partial charge in [-0.3, -0.25) is 0 Å². The summed E-state index contributed by atoms with van der Waals surface area (Å²) < 4.78 is 26.0. The van der Waals surface area contributed by atoms with Crippen LogP contribution in [-0.4, -0.2) is 35.5 Å². The van der Waals surface area contributed by atoms with Crippen LogP contribution in [0.15, 0.2) is 91.0 Å². The fourth-order valence-electron chi connectivity index (χ4n) is 3.87. The first kappa shape index (κ1) is 23.4. The van der Waals surface area contributed by atoms with Gasteiger partial charge in [0.05, 0.1) is 32.5 Å². The summed E-state index contributed by atoms with van der Waals surface area (Å²) in [5, 5.41) is 0. The van der Waals surface area contributed by atoms with Crippen molar-refractivity contribution < 1.29 is 18.9 Å². The van der Waals surface area contributed by atoms with Crippen LogP contribution in [0, 0.1) is 0 Å². The van der Waals surface area contributed by atoms with Gasteiger partial charge >= 0.3 is 0 Å². The molecule has 5 heteroatoms. The summed E-state index contributed by atoms with van der Waals surface area (Å²) in [6.45, 7) is 2.07. The molecule has 168 valence electrons. The lowest BCUT2D eigenvalue weighted by Gasteiger charge is -2.25. The Hall–Kier alpha value is -1.77. The third-order valence-corrected chi connectivity index (χ3v) is 6.39. The van der Waals surface area contributed by atoms with Gasteiger partial charge in [-0.05, 0) is 16.7 Å². The molecule has 3 aromatic carbocycles. The number of alkyl halides is 1. The van der Waals surface area contributed by atoms with Gasteiger partial charge in [-0.1, -0.05) is 114 Å². The van der Waals surface area contributed by atoms with Crippen molar-refractivity contribution >= 4 is 22.6 Å². The van der Waals surface area contributed by atoms with Gasteiger partial charge in [-0.2, -0.15) is 0 Å². The summed E-state index contributed by atoms with van der Waals surface area (Å²) in [4.78, 5) is 0.